The summed E-state index contributed by atoms with van der Waals surface area (Å²) in [6.45, 7) is 4.61. The minimum Gasteiger partial charge on any atom is -0.383 e. The Labute approximate surface area is 104 Å². The van der Waals surface area contributed by atoms with Crippen molar-refractivity contribution in [3.05, 3.63) is 0 Å². The number of methoxy groups -OCH3 is 1. The van der Waals surface area contributed by atoms with Crippen LogP contribution in [0.1, 0.15) is 25.7 Å². The number of amides is 1. The van der Waals surface area contributed by atoms with Crippen molar-refractivity contribution < 1.29 is 9.53 Å². The summed E-state index contributed by atoms with van der Waals surface area (Å²) < 4.78 is 5.09. The van der Waals surface area contributed by atoms with Crippen molar-refractivity contribution in [2.75, 3.05) is 39.9 Å². The predicted molar refractivity (Wildman–Crippen MR) is 66.8 cm³/mol. The van der Waals surface area contributed by atoms with Gasteiger partial charge >= 0.3 is 0 Å². The molecule has 98 valence electrons. The van der Waals surface area contributed by atoms with E-state index in [9.17, 15) is 4.79 Å². The second kappa shape index (κ2) is 6.36. The highest BCUT2D eigenvalue weighted by Crippen LogP contribution is 2.27. The molecule has 2 fully saturated rings. The second-order valence-corrected chi connectivity index (χ2v) is 5.32. The first-order valence-electron chi connectivity index (χ1n) is 6.78. The van der Waals surface area contributed by atoms with E-state index in [4.69, 9.17) is 4.74 Å². The number of hydrogen-bond donors (Lipinski definition) is 1. The molecule has 17 heavy (non-hydrogen) atoms. The zero-order valence-corrected chi connectivity index (χ0v) is 10.8. The van der Waals surface area contributed by atoms with Crippen molar-refractivity contribution in [1.82, 2.24) is 10.2 Å². The van der Waals surface area contributed by atoms with Crippen molar-refractivity contribution >= 4 is 5.91 Å². The van der Waals surface area contributed by atoms with Gasteiger partial charge in [0.2, 0.25) is 5.91 Å². The molecule has 1 saturated heterocycles. The van der Waals surface area contributed by atoms with Gasteiger partial charge in [0.15, 0.2) is 0 Å². The van der Waals surface area contributed by atoms with Crippen LogP contribution >= 0.6 is 0 Å². The second-order valence-electron chi connectivity index (χ2n) is 5.32. The Kier molecular flexibility index (Phi) is 4.80. The maximum Gasteiger partial charge on any atom is 0.224 e. The molecule has 4 nitrogen and oxygen atoms in total. The number of nitrogens with zero attached hydrogens (tertiary/aromatic N) is 1. The Morgan fingerprint density at radius 2 is 2.24 bits per heavy atom. The van der Waals surface area contributed by atoms with Crippen LogP contribution in [0.5, 0.6) is 0 Å². The number of carbonyl (C=O) groups is 1. The molecule has 2 aliphatic rings. The zero-order valence-electron chi connectivity index (χ0n) is 10.8. The summed E-state index contributed by atoms with van der Waals surface area (Å²) in [4.78, 5) is 14.3. The number of hydrogen-bond acceptors (Lipinski definition) is 3. The first kappa shape index (κ1) is 12.8. The molecule has 1 aliphatic heterocycles. The molecule has 1 saturated carbocycles. The van der Waals surface area contributed by atoms with Crippen LogP contribution in [0.25, 0.3) is 0 Å². The first-order valence-corrected chi connectivity index (χ1v) is 6.78. The van der Waals surface area contributed by atoms with Gasteiger partial charge in [-0.25, -0.2) is 0 Å². The summed E-state index contributed by atoms with van der Waals surface area (Å²) in [7, 11) is 1.73. The number of ether oxygens (including phenoxy) is 1. The van der Waals surface area contributed by atoms with E-state index in [-0.39, 0.29) is 11.8 Å². The third-order valence-corrected chi connectivity index (χ3v) is 3.75. The van der Waals surface area contributed by atoms with Gasteiger partial charge in [0.25, 0.3) is 0 Å². The molecule has 0 spiro atoms. The largest absolute Gasteiger partial charge is 0.383 e. The molecular weight excluding hydrogens is 216 g/mol. The van der Waals surface area contributed by atoms with E-state index < -0.39 is 0 Å². The van der Waals surface area contributed by atoms with Gasteiger partial charge in [-0.05, 0) is 38.1 Å². The molecule has 0 bridgehead atoms. The van der Waals surface area contributed by atoms with E-state index >= 15 is 0 Å². The van der Waals surface area contributed by atoms with Crippen LogP contribution in [-0.2, 0) is 9.53 Å². The van der Waals surface area contributed by atoms with Crippen LogP contribution in [-0.4, -0.2) is 50.7 Å². The SMILES string of the molecule is COCCN1CCCC(C(=O)NCC2CC2)C1. The number of piperidine rings is 1. The molecule has 1 unspecified atom stereocenters. The number of carbonyl (C=O) groups excluding carboxylic acids is 1. The van der Waals surface area contributed by atoms with Crippen LogP contribution < -0.4 is 5.32 Å². The summed E-state index contributed by atoms with van der Waals surface area (Å²) in [5.74, 6) is 1.23. The van der Waals surface area contributed by atoms with Crippen molar-refractivity contribution in [2.24, 2.45) is 11.8 Å². The van der Waals surface area contributed by atoms with Gasteiger partial charge in [-0.15, -0.1) is 0 Å². The van der Waals surface area contributed by atoms with Crippen LogP contribution in [0.2, 0.25) is 0 Å². The number of likely N-dealkylation sites (tertiary alicyclic amines) is 1. The summed E-state index contributed by atoms with van der Waals surface area (Å²) in [6.07, 6.45) is 4.76. The van der Waals surface area contributed by atoms with E-state index in [1.165, 1.54) is 12.8 Å². The highest BCUT2D eigenvalue weighted by Gasteiger charge is 2.27. The fourth-order valence-corrected chi connectivity index (χ4v) is 2.40. The lowest BCUT2D eigenvalue weighted by atomic mass is 9.97. The minimum absolute atomic E-state index is 0.194. The minimum atomic E-state index is 0.194. The van der Waals surface area contributed by atoms with Crippen molar-refractivity contribution in [1.29, 1.82) is 0 Å². The van der Waals surface area contributed by atoms with Gasteiger partial charge in [-0.2, -0.15) is 0 Å². The average molecular weight is 240 g/mol. The average Bonchev–Trinajstić information content (AvgIpc) is 3.18. The molecule has 1 heterocycles. The monoisotopic (exact) mass is 240 g/mol. The van der Waals surface area contributed by atoms with Crippen LogP contribution in [0.15, 0.2) is 0 Å². The standard InChI is InChI=1S/C13H24N2O2/c1-17-8-7-15-6-2-3-12(10-15)13(16)14-9-11-4-5-11/h11-12H,2-10H2,1H3,(H,14,16). The molecule has 1 atom stereocenters. The Morgan fingerprint density at radius 1 is 1.41 bits per heavy atom. The zero-order chi connectivity index (χ0) is 12.1. The number of nitrogens with one attached hydrogen (secondary N) is 1. The molecule has 0 radical (unpaired) electrons. The normalized spacial score (nSPS) is 25.8. The Bertz CT molecular complexity index is 254. The number of rotatable bonds is 6. The molecule has 0 aromatic carbocycles. The fourth-order valence-electron chi connectivity index (χ4n) is 2.40. The Hall–Kier alpha value is -0.610. The maximum atomic E-state index is 12.0. The lowest BCUT2D eigenvalue weighted by Gasteiger charge is -2.31. The van der Waals surface area contributed by atoms with E-state index in [1.807, 2.05) is 0 Å². The molecule has 1 aliphatic carbocycles. The summed E-state index contributed by atoms with van der Waals surface area (Å²) >= 11 is 0. The fraction of sp³-hybridized carbons (Fsp3) is 0.923. The lowest BCUT2D eigenvalue weighted by molar-refractivity contribution is -0.126. The van der Waals surface area contributed by atoms with Gasteiger partial charge in [0, 0.05) is 26.7 Å². The molecule has 0 aromatic heterocycles. The van der Waals surface area contributed by atoms with Gasteiger partial charge < -0.3 is 15.0 Å². The first-order chi connectivity index (χ1) is 8.29. The van der Waals surface area contributed by atoms with Crippen LogP contribution in [0.3, 0.4) is 0 Å². The van der Waals surface area contributed by atoms with Crippen LogP contribution in [0.4, 0.5) is 0 Å². The van der Waals surface area contributed by atoms with E-state index in [2.05, 4.69) is 10.2 Å². The van der Waals surface area contributed by atoms with E-state index in [0.717, 1.165) is 51.5 Å². The summed E-state index contributed by atoms with van der Waals surface area (Å²) in [5, 5.41) is 3.09. The van der Waals surface area contributed by atoms with Gasteiger partial charge in [0.05, 0.1) is 12.5 Å². The van der Waals surface area contributed by atoms with E-state index in [1.54, 1.807) is 7.11 Å². The molecule has 0 aromatic rings. The molecule has 2 rings (SSSR count). The third kappa shape index (κ3) is 4.28. The smallest absolute Gasteiger partial charge is 0.224 e. The van der Waals surface area contributed by atoms with Crippen LogP contribution in [0, 0.1) is 11.8 Å². The molecule has 4 heteroatoms. The summed E-state index contributed by atoms with van der Waals surface area (Å²) in [6, 6.07) is 0. The molecular formula is C13H24N2O2. The molecule has 1 amide bonds. The Balaban J connectivity index is 1.69. The highest BCUT2D eigenvalue weighted by atomic mass is 16.5. The van der Waals surface area contributed by atoms with Crippen molar-refractivity contribution in [2.45, 2.75) is 25.7 Å². The predicted octanol–water partition coefficient (Wildman–Crippen LogP) is 0.871. The van der Waals surface area contributed by atoms with Gasteiger partial charge in [-0.1, -0.05) is 0 Å². The maximum absolute atomic E-state index is 12.0. The highest BCUT2D eigenvalue weighted by molar-refractivity contribution is 5.79. The topological polar surface area (TPSA) is 41.6 Å². The quantitative estimate of drug-likeness (QED) is 0.749. The Morgan fingerprint density at radius 3 is 2.94 bits per heavy atom. The van der Waals surface area contributed by atoms with Gasteiger partial charge in [-0.3, -0.25) is 4.79 Å². The van der Waals surface area contributed by atoms with Crippen molar-refractivity contribution in [3.63, 3.8) is 0 Å². The van der Waals surface area contributed by atoms with E-state index in [0.29, 0.717) is 0 Å². The van der Waals surface area contributed by atoms with Gasteiger partial charge in [0.1, 0.15) is 0 Å². The third-order valence-electron chi connectivity index (χ3n) is 3.75. The summed E-state index contributed by atoms with van der Waals surface area (Å²) in [5.41, 5.74) is 0. The molecule has 1 N–H and O–H groups in total. The van der Waals surface area contributed by atoms with Crippen molar-refractivity contribution in [3.8, 4) is 0 Å². The lowest BCUT2D eigenvalue weighted by Crippen LogP contribution is -2.44.